The molecule has 0 aliphatic heterocycles. The normalized spacial score (nSPS) is 11.0. The Bertz CT molecular complexity index is 838. The summed E-state index contributed by atoms with van der Waals surface area (Å²) < 4.78 is 10.5. The van der Waals surface area contributed by atoms with E-state index >= 15 is 0 Å². The summed E-state index contributed by atoms with van der Waals surface area (Å²) in [5.74, 6) is 0.436. The molecule has 1 aromatic carbocycles. The van der Waals surface area contributed by atoms with Gasteiger partial charge in [-0.05, 0) is 18.1 Å². The van der Waals surface area contributed by atoms with Crippen molar-refractivity contribution in [1.82, 2.24) is 10.5 Å². The molecule has 24 heavy (non-hydrogen) atoms. The molecule has 124 valence electrons. The molecule has 1 amide bonds. The van der Waals surface area contributed by atoms with Crippen LogP contribution in [0, 0.1) is 5.92 Å². The van der Waals surface area contributed by atoms with E-state index in [0.717, 1.165) is 0 Å². The van der Waals surface area contributed by atoms with Crippen molar-refractivity contribution < 1.29 is 13.7 Å². The van der Waals surface area contributed by atoms with Crippen molar-refractivity contribution in [2.24, 2.45) is 5.92 Å². The van der Waals surface area contributed by atoms with Gasteiger partial charge in [0.1, 0.15) is 17.5 Å². The quantitative estimate of drug-likeness (QED) is 0.732. The Kier molecular flexibility index (Phi) is 4.71. The fourth-order valence-corrected chi connectivity index (χ4v) is 2.54. The van der Waals surface area contributed by atoms with Crippen LogP contribution in [0.25, 0.3) is 22.6 Å². The van der Waals surface area contributed by atoms with Gasteiger partial charge in [-0.1, -0.05) is 48.8 Å². The van der Waals surface area contributed by atoms with E-state index in [1.54, 1.807) is 18.2 Å². The van der Waals surface area contributed by atoms with Crippen molar-refractivity contribution >= 4 is 17.5 Å². The van der Waals surface area contributed by atoms with Crippen LogP contribution < -0.4 is 5.32 Å². The maximum atomic E-state index is 12.7. The minimum Gasteiger partial charge on any atom is -0.472 e. The van der Waals surface area contributed by atoms with Crippen LogP contribution in [0.3, 0.4) is 0 Å². The maximum absolute atomic E-state index is 12.7. The molecule has 6 heteroatoms. The molecule has 0 fully saturated rings. The van der Waals surface area contributed by atoms with Crippen LogP contribution in [0.1, 0.15) is 24.2 Å². The van der Waals surface area contributed by atoms with E-state index in [9.17, 15) is 4.79 Å². The smallest absolute Gasteiger partial charge is 0.257 e. The minimum atomic E-state index is -0.254. The molecule has 0 radical (unpaired) electrons. The molecule has 0 spiro atoms. The second-order valence-corrected chi connectivity index (χ2v) is 6.24. The summed E-state index contributed by atoms with van der Waals surface area (Å²) in [6, 6.07) is 8.93. The number of hydrogen-bond acceptors (Lipinski definition) is 4. The number of carbonyl (C=O) groups is 1. The largest absolute Gasteiger partial charge is 0.472 e. The Hall–Kier alpha value is -2.53. The summed E-state index contributed by atoms with van der Waals surface area (Å²) in [4.78, 5) is 12.7. The number of carbonyl (C=O) groups excluding carboxylic acids is 1. The molecular formula is C18H17ClN2O3. The molecule has 2 heterocycles. The Balaban J connectivity index is 2.10. The monoisotopic (exact) mass is 344 g/mol. The standard InChI is InChI=1S/C18H17ClN2O3/c1-11(2)9-20-18(22)15-16(13-5-3-4-6-14(13)19)21-24-17(15)12-7-8-23-10-12/h3-8,10-11H,9H2,1-2H3,(H,20,22). The maximum Gasteiger partial charge on any atom is 0.257 e. The topological polar surface area (TPSA) is 68.3 Å². The summed E-state index contributed by atoms with van der Waals surface area (Å²) in [6.45, 7) is 4.61. The zero-order chi connectivity index (χ0) is 17.1. The average Bonchev–Trinajstić information content (AvgIpc) is 3.22. The average molecular weight is 345 g/mol. The number of nitrogens with zero attached hydrogens (tertiary/aromatic N) is 1. The van der Waals surface area contributed by atoms with E-state index in [-0.39, 0.29) is 5.91 Å². The number of rotatable bonds is 5. The van der Waals surface area contributed by atoms with Crippen LogP contribution in [-0.4, -0.2) is 17.6 Å². The van der Waals surface area contributed by atoms with Gasteiger partial charge in [0.25, 0.3) is 5.91 Å². The Morgan fingerprint density at radius 3 is 2.75 bits per heavy atom. The summed E-state index contributed by atoms with van der Waals surface area (Å²) in [5.41, 5.74) is 2.06. The van der Waals surface area contributed by atoms with E-state index in [2.05, 4.69) is 10.5 Å². The zero-order valence-corrected chi connectivity index (χ0v) is 14.1. The van der Waals surface area contributed by atoms with Crippen LogP contribution in [0.2, 0.25) is 5.02 Å². The van der Waals surface area contributed by atoms with Crippen molar-refractivity contribution in [2.75, 3.05) is 6.54 Å². The third-order valence-electron chi connectivity index (χ3n) is 3.50. The highest BCUT2D eigenvalue weighted by atomic mass is 35.5. The Morgan fingerprint density at radius 2 is 2.08 bits per heavy atom. The van der Waals surface area contributed by atoms with E-state index in [4.69, 9.17) is 20.5 Å². The molecule has 1 N–H and O–H groups in total. The minimum absolute atomic E-state index is 0.254. The second-order valence-electron chi connectivity index (χ2n) is 5.83. The number of amides is 1. The van der Waals surface area contributed by atoms with Crippen molar-refractivity contribution in [1.29, 1.82) is 0 Å². The molecule has 0 aliphatic carbocycles. The first-order valence-corrected chi connectivity index (χ1v) is 8.01. The summed E-state index contributed by atoms with van der Waals surface area (Å²) >= 11 is 6.27. The van der Waals surface area contributed by atoms with Crippen LogP contribution in [0.5, 0.6) is 0 Å². The first-order chi connectivity index (χ1) is 11.6. The molecule has 0 aliphatic rings. The fraction of sp³-hybridized carbons (Fsp3) is 0.222. The Morgan fingerprint density at radius 1 is 1.29 bits per heavy atom. The first-order valence-electron chi connectivity index (χ1n) is 7.63. The predicted octanol–water partition coefficient (Wildman–Crippen LogP) is 4.64. The zero-order valence-electron chi connectivity index (χ0n) is 13.4. The van der Waals surface area contributed by atoms with Gasteiger partial charge >= 0.3 is 0 Å². The van der Waals surface area contributed by atoms with Gasteiger partial charge in [-0.25, -0.2) is 0 Å². The SMILES string of the molecule is CC(C)CNC(=O)c1c(-c2ccccc2Cl)noc1-c1ccoc1. The van der Waals surface area contributed by atoms with Crippen molar-refractivity contribution in [3.8, 4) is 22.6 Å². The Labute approximate surface area is 144 Å². The van der Waals surface area contributed by atoms with Crippen LogP contribution >= 0.6 is 11.6 Å². The predicted molar refractivity (Wildman–Crippen MR) is 91.8 cm³/mol. The van der Waals surface area contributed by atoms with Gasteiger partial charge in [-0.3, -0.25) is 4.79 Å². The van der Waals surface area contributed by atoms with Crippen molar-refractivity contribution in [3.05, 3.63) is 53.4 Å². The lowest BCUT2D eigenvalue weighted by Gasteiger charge is -2.09. The molecule has 0 saturated carbocycles. The summed E-state index contributed by atoms with van der Waals surface area (Å²) in [7, 11) is 0. The van der Waals surface area contributed by atoms with Crippen LogP contribution in [0.15, 0.2) is 51.8 Å². The molecule has 0 unspecified atom stereocenters. The van der Waals surface area contributed by atoms with Gasteiger partial charge in [-0.15, -0.1) is 0 Å². The fourth-order valence-electron chi connectivity index (χ4n) is 2.31. The molecule has 3 rings (SSSR count). The number of nitrogens with one attached hydrogen (secondary N) is 1. The van der Waals surface area contributed by atoms with E-state index in [1.165, 1.54) is 12.5 Å². The van der Waals surface area contributed by atoms with Crippen molar-refractivity contribution in [3.63, 3.8) is 0 Å². The number of furan rings is 1. The third-order valence-corrected chi connectivity index (χ3v) is 3.83. The van der Waals surface area contributed by atoms with Crippen molar-refractivity contribution in [2.45, 2.75) is 13.8 Å². The highest BCUT2D eigenvalue weighted by Crippen LogP contribution is 2.35. The highest BCUT2D eigenvalue weighted by Gasteiger charge is 2.26. The first kappa shape index (κ1) is 16.3. The second kappa shape index (κ2) is 6.93. The van der Waals surface area contributed by atoms with Crippen LogP contribution in [-0.2, 0) is 0 Å². The van der Waals surface area contributed by atoms with Gasteiger partial charge in [0.15, 0.2) is 5.76 Å². The molecule has 0 saturated heterocycles. The van der Waals surface area contributed by atoms with Gasteiger partial charge in [0, 0.05) is 12.1 Å². The molecule has 0 atom stereocenters. The van der Waals surface area contributed by atoms with E-state index in [0.29, 0.717) is 45.6 Å². The van der Waals surface area contributed by atoms with Gasteiger partial charge in [0.05, 0.1) is 16.8 Å². The molecule has 3 aromatic rings. The molecule has 0 bridgehead atoms. The number of aromatic nitrogens is 1. The lowest BCUT2D eigenvalue weighted by Crippen LogP contribution is -2.27. The molecule has 2 aromatic heterocycles. The third kappa shape index (κ3) is 3.21. The van der Waals surface area contributed by atoms with Gasteiger partial charge < -0.3 is 14.3 Å². The summed E-state index contributed by atoms with van der Waals surface area (Å²) in [6.07, 6.45) is 3.03. The lowest BCUT2D eigenvalue weighted by molar-refractivity contribution is 0.0950. The lowest BCUT2D eigenvalue weighted by atomic mass is 10.0. The number of hydrogen-bond donors (Lipinski definition) is 1. The van der Waals surface area contributed by atoms with Gasteiger partial charge in [-0.2, -0.15) is 0 Å². The number of benzene rings is 1. The van der Waals surface area contributed by atoms with E-state index < -0.39 is 0 Å². The highest BCUT2D eigenvalue weighted by molar-refractivity contribution is 6.33. The van der Waals surface area contributed by atoms with Gasteiger partial charge in [0.2, 0.25) is 0 Å². The van der Waals surface area contributed by atoms with Crippen LogP contribution in [0.4, 0.5) is 0 Å². The summed E-state index contributed by atoms with van der Waals surface area (Å²) in [5, 5.41) is 7.50. The molecular weight excluding hydrogens is 328 g/mol. The molecule has 5 nitrogen and oxygen atoms in total. The number of halogens is 1. The van der Waals surface area contributed by atoms with E-state index in [1.807, 2.05) is 26.0 Å².